The molecule has 2 heterocycles. The first-order valence-electron chi connectivity index (χ1n) is 8.95. The van der Waals surface area contributed by atoms with Gasteiger partial charge >= 0.3 is 0 Å². The van der Waals surface area contributed by atoms with Crippen LogP contribution in [0.2, 0.25) is 0 Å². The zero-order chi connectivity index (χ0) is 21.1. The summed E-state index contributed by atoms with van der Waals surface area (Å²) in [5, 5.41) is 11.7. The molecule has 0 unspecified atom stereocenters. The number of nitro benzene ring substituents is 1. The molecule has 2 aromatic carbocycles. The lowest BCUT2D eigenvalue weighted by molar-refractivity contribution is -0.384. The summed E-state index contributed by atoms with van der Waals surface area (Å²) in [5.74, 6) is -0.355. The van der Waals surface area contributed by atoms with Crippen LogP contribution in [-0.4, -0.2) is 27.1 Å². The number of anilines is 1. The highest BCUT2D eigenvalue weighted by atomic mass is 32.2. The molecule has 0 bridgehead atoms. The maximum atomic E-state index is 13.4. The number of pyridine rings is 1. The number of carbonyl (C=O) groups is 1. The van der Waals surface area contributed by atoms with Crippen LogP contribution in [0.4, 0.5) is 10.8 Å². The van der Waals surface area contributed by atoms with Crippen molar-refractivity contribution in [2.24, 2.45) is 0 Å². The summed E-state index contributed by atoms with van der Waals surface area (Å²) in [6.07, 6.45) is 5.36. The van der Waals surface area contributed by atoms with Gasteiger partial charge < -0.3 is 0 Å². The minimum Gasteiger partial charge on any atom is -0.279 e. The van der Waals surface area contributed by atoms with Gasteiger partial charge in [-0.25, -0.2) is 4.98 Å². The van der Waals surface area contributed by atoms with E-state index in [2.05, 4.69) is 9.97 Å². The lowest BCUT2D eigenvalue weighted by atomic mass is 10.1. The van der Waals surface area contributed by atoms with Crippen LogP contribution in [0, 0.1) is 10.1 Å². The number of thiazole rings is 1. The Morgan fingerprint density at radius 2 is 2.07 bits per heavy atom. The molecule has 0 atom stereocenters. The third-order valence-electron chi connectivity index (χ3n) is 4.43. The van der Waals surface area contributed by atoms with E-state index in [0.717, 1.165) is 20.7 Å². The lowest BCUT2D eigenvalue weighted by Gasteiger charge is -2.20. The van der Waals surface area contributed by atoms with Crippen molar-refractivity contribution < 1.29 is 9.72 Å². The zero-order valence-electron chi connectivity index (χ0n) is 15.9. The molecule has 0 radical (unpaired) electrons. The zero-order valence-corrected chi connectivity index (χ0v) is 17.5. The summed E-state index contributed by atoms with van der Waals surface area (Å²) >= 11 is 3.05. The summed E-state index contributed by atoms with van der Waals surface area (Å²) in [4.78, 5) is 35.4. The number of fused-ring (bicyclic) bond motifs is 1. The smallest absolute Gasteiger partial charge is 0.270 e. The summed E-state index contributed by atoms with van der Waals surface area (Å²) in [7, 11) is 0. The molecule has 0 aliphatic carbocycles. The maximum absolute atomic E-state index is 13.4. The van der Waals surface area contributed by atoms with E-state index in [0.29, 0.717) is 5.13 Å². The minimum atomic E-state index is -0.510. The van der Waals surface area contributed by atoms with E-state index in [1.807, 2.05) is 30.5 Å². The molecule has 0 spiro atoms. The van der Waals surface area contributed by atoms with Gasteiger partial charge in [0.25, 0.3) is 11.6 Å². The van der Waals surface area contributed by atoms with E-state index >= 15 is 0 Å². The Morgan fingerprint density at radius 1 is 1.20 bits per heavy atom. The molecular weight excluding hydrogens is 420 g/mol. The Hall–Kier alpha value is -3.30. The Kier molecular flexibility index (Phi) is 5.73. The van der Waals surface area contributed by atoms with Gasteiger partial charge in [0.2, 0.25) is 0 Å². The van der Waals surface area contributed by atoms with Crippen molar-refractivity contribution in [2.45, 2.75) is 11.4 Å². The highest BCUT2D eigenvalue weighted by molar-refractivity contribution is 7.98. The van der Waals surface area contributed by atoms with Gasteiger partial charge in [-0.05, 0) is 42.2 Å². The number of rotatable bonds is 6. The van der Waals surface area contributed by atoms with Crippen molar-refractivity contribution in [1.82, 2.24) is 9.97 Å². The number of thioether (sulfide) groups is 1. The van der Waals surface area contributed by atoms with Crippen molar-refractivity contribution in [3.8, 4) is 0 Å². The van der Waals surface area contributed by atoms with Crippen molar-refractivity contribution in [1.29, 1.82) is 0 Å². The summed E-state index contributed by atoms with van der Waals surface area (Å²) in [6.45, 7) is 0.255. The number of non-ortho nitro benzene ring substituents is 1. The summed E-state index contributed by atoms with van der Waals surface area (Å²) in [6, 6.07) is 15.4. The third kappa shape index (κ3) is 4.17. The van der Waals surface area contributed by atoms with Gasteiger partial charge in [0.05, 0.1) is 21.7 Å². The molecule has 0 aliphatic rings. The van der Waals surface area contributed by atoms with Crippen LogP contribution in [0.3, 0.4) is 0 Å². The fraction of sp³-hybridized carbons (Fsp3) is 0.0952. The standard InChI is InChI=1S/C21H16N4O3S2/c1-29-17-7-8-18-19(11-17)30-21(23-18)24(13-14-4-3-9-22-12-14)20(26)15-5-2-6-16(10-15)25(27)28/h2-12H,13H2,1H3. The second-order valence-electron chi connectivity index (χ2n) is 6.39. The van der Waals surface area contributed by atoms with Crippen molar-refractivity contribution in [3.05, 3.63) is 88.2 Å². The molecule has 2 aromatic heterocycles. The topological polar surface area (TPSA) is 89.2 Å². The molecule has 4 rings (SSSR count). The number of amides is 1. The van der Waals surface area contributed by atoms with Gasteiger partial charge in [0.15, 0.2) is 5.13 Å². The van der Waals surface area contributed by atoms with Crippen LogP contribution in [0.5, 0.6) is 0 Å². The SMILES string of the molecule is CSc1ccc2nc(N(Cc3cccnc3)C(=O)c3cccc([N+](=O)[O-])c3)sc2c1. The van der Waals surface area contributed by atoms with Crippen molar-refractivity contribution in [2.75, 3.05) is 11.2 Å². The summed E-state index contributed by atoms with van der Waals surface area (Å²) < 4.78 is 0.972. The van der Waals surface area contributed by atoms with Crippen LogP contribution in [0.25, 0.3) is 10.2 Å². The predicted molar refractivity (Wildman–Crippen MR) is 119 cm³/mol. The van der Waals surface area contributed by atoms with Gasteiger partial charge in [0, 0.05) is 35.0 Å². The Morgan fingerprint density at radius 3 is 2.80 bits per heavy atom. The molecule has 1 amide bonds. The van der Waals surface area contributed by atoms with E-state index in [-0.39, 0.29) is 23.7 Å². The fourth-order valence-corrected chi connectivity index (χ4v) is 4.46. The predicted octanol–water partition coefficient (Wildman–Crippen LogP) is 5.17. The number of hydrogen-bond donors (Lipinski definition) is 0. The largest absolute Gasteiger partial charge is 0.279 e. The fourth-order valence-electron chi connectivity index (χ4n) is 2.94. The monoisotopic (exact) mass is 436 g/mol. The third-order valence-corrected chi connectivity index (χ3v) is 6.19. The molecule has 0 saturated carbocycles. The van der Waals surface area contributed by atoms with Crippen LogP contribution in [0.1, 0.15) is 15.9 Å². The van der Waals surface area contributed by atoms with E-state index in [1.165, 1.54) is 29.5 Å². The van der Waals surface area contributed by atoms with Crippen molar-refractivity contribution in [3.63, 3.8) is 0 Å². The van der Waals surface area contributed by atoms with Crippen LogP contribution in [-0.2, 0) is 6.54 Å². The quantitative estimate of drug-likeness (QED) is 0.235. The first-order valence-corrected chi connectivity index (χ1v) is 11.0. The van der Waals surface area contributed by atoms with E-state index < -0.39 is 4.92 Å². The highest BCUT2D eigenvalue weighted by Gasteiger charge is 2.23. The number of carbonyl (C=O) groups excluding carboxylic acids is 1. The normalized spacial score (nSPS) is 10.8. The van der Waals surface area contributed by atoms with Crippen LogP contribution >= 0.6 is 23.1 Å². The Bertz CT molecular complexity index is 1230. The second kappa shape index (κ2) is 8.60. The van der Waals surface area contributed by atoms with Gasteiger partial charge in [-0.1, -0.05) is 23.5 Å². The lowest BCUT2D eigenvalue weighted by Crippen LogP contribution is -2.30. The molecule has 150 valence electrons. The number of nitrogens with zero attached hydrogens (tertiary/aromatic N) is 4. The van der Waals surface area contributed by atoms with E-state index in [9.17, 15) is 14.9 Å². The van der Waals surface area contributed by atoms with Crippen LogP contribution < -0.4 is 4.90 Å². The molecule has 0 fully saturated rings. The first-order chi connectivity index (χ1) is 14.5. The highest BCUT2D eigenvalue weighted by Crippen LogP contribution is 2.33. The Balaban J connectivity index is 1.77. The number of benzene rings is 2. The Labute approximate surface area is 180 Å². The van der Waals surface area contributed by atoms with Crippen LogP contribution in [0.15, 0.2) is 71.9 Å². The number of nitro groups is 1. The molecular formula is C21H16N4O3S2. The molecule has 0 N–H and O–H groups in total. The first kappa shape index (κ1) is 20.0. The molecule has 9 heteroatoms. The van der Waals surface area contributed by atoms with Gasteiger partial charge in [-0.15, -0.1) is 11.8 Å². The second-order valence-corrected chi connectivity index (χ2v) is 8.28. The van der Waals surface area contributed by atoms with Gasteiger partial charge in [0.1, 0.15) is 0 Å². The van der Waals surface area contributed by atoms with Gasteiger partial charge in [-0.3, -0.25) is 24.8 Å². The van der Waals surface area contributed by atoms with E-state index in [4.69, 9.17) is 0 Å². The average Bonchev–Trinajstić information content (AvgIpc) is 3.20. The molecule has 4 aromatic rings. The van der Waals surface area contributed by atoms with Gasteiger partial charge in [-0.2, -0.15) is 0 Å². The number of aromatic nitrogens is 2. The minimum absolute atomic E-state index is 0.129. The molecule has 7 nitrogen and oxygen atoms in total. The van der Waals surface area contributed by atoms with E-state index in [1.54, 1.807) is 41.2 Å². The maximum Gasteiger partial charge on any atom is 0.270 e. The summed E-state index contributed by atoms with van der Waals surface area (Å²) in [5.41, 5.74) is 1.74. The molecule has 0 saturated heterocycles. The number of hydrogen-bond acceptors (Lipinski definition) is 7. The molecule has 0 aliphatic heterocycles. The average molecular weight is 437 g/mol. The molecule has 30 heavy (non-hydrogen) atoms. The van der Waals surface area contributed by atoms with Crippen molar-refractivity contribution >= 4 is 50.0 Å².